The molecule has 1 aromatic rings. The Morgan fingerprint density at radius 3 is 2.60 bits per heavy atom. The normalized spacial score (nSPS) is 17.9. The molecule has 0 aromatic heterocycles. The van der Waals surface area contributed by atoms with Crippen LogP contribution in [-0.4, -0.2) is 42.4 Å². The number of halogens is 2. The summed E-state index contributed by atoms with van der Waals surface area (Å²) in [6, 6.07) is 4.89. The molecule has 0 spiro atoms. The first kappa shape index (κ1) is 15.0. The van der Waals surface area contributed by atoms with E-state index in [0.29, 0.717) is 19.6 Å². The number of nitrogens with zero attached hydrogens (tertiary/aromatic N) is 1. The summed E-state index contributed by atoms with van der Waals surface area (Å²) < 4.78 is 33.9. The number of rotatable bonds is 6. The second-order valence-corrected chi connectivity index (χ2v) is 5.09. The maximum absolute atomic E-state index is 12.2. The highest BCUT2D eigenvalue weighted by molar-refractivity contribution is 5.43. The molecular formula is C14H19F2NO3. The maximum atomic E-state index is 12.2. The third kappa shape index (κ3) is 3.37. The van der Waals surface area contributed by atoms with Gasteiger partial charge >= 0.3 is 6.61 Å². The summed E-state index contributed by atoms with van der Waals surface area (Å²) in [5.41, 5.74) is 0.352. The van der Waals surface area contributed by atoms with Crippen LogP contribution >= 0.6 is 0 Å². The predicted octanol–water partition coefficient (Wildman–Crippen LogP) is 2.25. The van der Waals surface area contributed by atoms with E-state index in [0.717, 1.165) is 12.0 Å². The van der Waals surface area contributed by atoms with Gasteiger partial charge in [-0.05, 0) is 24.1 Å². The summed E-state index contributed by atoms with van der Waals surface area (Å²) in [6.07, 6.45) is 0.730. The van der Waals surface area contributed by atoms with Crippen LogP contribution in [0.5, 0.6) is 11.5 Å². The van der Waals surface area contributed by atoms with Crippen LogP contribution in [0.3, 0.4) is 0 Å². The van der Waals surface area contributed by atoms with Gasteiger partial charge in [0.15, 0.2) is 11.5 Å². The molecule has 0 unspecified atom stereocenters. The zero-order valence-electron chi connectivity index (χ0n) is 11.6. The Labute approximate surface area is 116 Å². The lowest BCUT2D eigenvalue weighted by molar-refractivity contribution is -0.103. The molecule has 4 nitrogen and oxygen atoms in total. The van der Waals surface area contributed by atoms with Gasteiger partial charge in [-0.1, -0.05) is 13.0 Å². The Morgan fingerprint density at radius 1 is 1.35 bits per heavy atom. The molecule has 1 aliphatic heterocycles. The molecule has 0 radical (unpaired) electrons. The SMILES string of the molecule is CCC1(O)CN(Cc2ccc(OC(F)F)c(OC)c2)C1. The predicted molar refractivity (Wildman–Crippen MR) is 70.1 cm³/mol. The number of alkyl halides is 2. The van der Waals surface area contributed by atoms with E-state index >= 15 is 0 Å². The number of β-amino-alcohol motifs (C(OH)–C–C–N with tert-alkyl or cyclic N) is 1. The minimum absolute atomic E-state index is 0.0277. The summed E-state index contributed by atoms with van der Waals surface area (Å²) in [5.74, 6) is 0.314. The third-order valence-corrected chi connectivity index (χ3v) is 3.54. The molecule has 1 heterocycles. The maximum Gasteiger partial charge on any atom is 0.387 e. The van der Waals surface area contributed by atoms with Gasteiger partial charge in [0.25, 0.3) is 0 Å². The van der Waals surface area contributed by atoms with Crippen LogP contribution in [0.1, 0.15) is 18.9 Å². The molecule has 2 rings (SSSR count). The number of methoxy groups -OCH3 is 1. The van der Waals surface area contributed by atoms with Crippen molar-refractivity contribution in [2.24, 2.45) is 0 Å². The Hall–Kier alpha value is -1.40. The second-order valence-electron chi connectivity index (χ2n) is 5.09. The highest BCUT2D eigenvalue weighted by Gasteiger charge is 2.39. The molecule has 0 aliphatic carbocycles. The molecule has 6 heteroatoms. The fraction of sp³-hybridized carbons (Fsp3) is 0.571. The first-order valence-electron chi connectivity index (χ1n) is 6.52. The van der Waals surface area contributed by atoms with E-state index in [1.165, 1.54) is 13.2 Å². The van der Waals surface area contributed by atoms with Gasteiger partial charge in [0.05, 0.1) is 12.7 Å². The second kappa shape index (κ2) is 5.93. The minimum Gasteiger partial charge on any atom is -0.493 e. The minimum atomic E-state index is -2.87. The van der Waals surface area contributed by atoms with Gasteiger partial charge in [-0.2, -0.15) is 8.78 Å². The lowest BCUT2D eigenvalue weighted by Gasteiger charge is -2.46. The molecule has 0 saturated carbocycles. The summed E-state index contributed by atoms with van der Waals surface area (Å²) in [4.78, 5) is 2.09. The molecule has 0 bridgehead atoms. The molecular weight excluding hydrogens is 268 g/mol. The number of aliphatic hydroxyl groups is 1. The number of ether oxygens (including phenoxy) is 2. The van der Waals surface area contributed by atoms with E-state index in [1.54, 1.807) is 12.1 Å². The standard InChI is InChI=1S/C14H19F2NO3/c1-3-14(18)8-17(9-14)7-10-4-5-11(20-13(15)16)12(6-10)19-2/h4-6,13,18H,3,7-9H2,1-2H3. The van der Waals surface area contributed by atoms with Crippen molar-refractivity contribution in [3.63, 3.8) is 0 Å². The molecule has 1 saturated heterocycles. The summed E-state index contributed by atoms with van der Waals surface area (Å²) in [7, 11) is 1.41. The summed E-state index contributed by atoms with van der Waals surface area (Å²) in [6.45, 7) is 0.983. The first-order valence-corrected chi connectivity index (χ1v) is 6.52. The van der Waals surface area contributed by atoms with Gasteiger partial charge in [0.1, 0.15) is 0 Å². The fourth-order valence-electron chi connectivity index (χ4n) is 2.38. The van der Waals surface area contributed by atoms with E-state index in [2.05, 4.69) is 9.64 Å². The van der Waals surface area contributed by atoms with Crippen molar-refractivity contribution in [2.45, 2.75) is 32.1 Å². The molecule has 1 aromatic carbocycles. The first-order chi connectivity index (χ1) is 9.45. The monoisotopic (exact) mass is 287 g/mol. The Kier molecular flexibility index (Phi) is 4.45. The molecule has 1 N–H and O–H groups in total. The van der Waals surface area contributed by atoms with Gasteiger partial charge < -0.3 is 14.6 Å². The molecule has 1 fully saturated rings. The van der Waals surface area contributed by atoms with E-state index in [-0.39, 0.29) is 11.5 Å². The van der Waals surface area contributed by atoms with Crippen LogP contribution in [-0.2, 0) is 6.54 Å². The van der Waals surface area contributed by atoms with Crippen LogP contribution in [0.4, 0.5) is 8.78 Å². The molecule has 1 aliphatic rings. The lowest BCUT2D eigenvalue weighted by atomic mass is 9.91. The lowest BCUT2D eigenvalue weighted by Crippen LogP contribution is -2.60. The third-order valence-electron chi connectivity index (χ3n) is 3.54. The van der Waals surface area contributed by atoms with Gasteiger partial charge in [-0.25, -0.2) is 0 Å². The van der Waals surface area contributed by atoms with Crippen LogP contribution in [0.2, 0.25) is 0 Å². The van der Waals surface area contributed by atoms with E-state index in [4.69, 9.17) is 4.74 Å². The van der Waals surface area contributed by atoms with Crippen molar-refractivity contribution in [3.05, 3.63) is 23.8 Å². The fourth-order valence-corrected chi connectivity index (χ4v) is 2.38. The van der Waals surface area contributed by atoms with Gasteiger partial charge in [-0.15, -0.1) is 0 Å². The smallest absolute Gasteiger partial charge is 0.387 e. The van der Waals surface area contributed by atoms with E-state index in [9.17, 15) is 13.9 Å². The van der Waals surface area contributed by atoms with Crippen molar-refractivity contribution in [2.75, 3.05) is 20.2 Å². The molecule has 20 heavy (non-hydrogen) atoms. The number of hydrogen-bond acceptors (Lipinski definition) is 4. The zero-order valence-corrected chi connectivity index (χ0v) is 11.6. The summed E-state index contributed by atoms with van der Waals surface area (Å²) >= 11 is 0. The average molecular weight is 287 g/mol. The molecule has 0 amide bonds. The van der Waals surface area contributed by atoms with Gasteiger partial charge in [-0.3, -0.25) is 4.90 Å². The van der Waals surface area contributed by atoms with Crippen molar-refractivity contribution in [3.8, 4) is 11.5 Å². The topological polar surface area (TPSA) is 41.9 Å². The van der Waals surface area contributed by atoms with Crippen molar-refractivity contribution < 1.29 is 23.4 Å². The van der Waals surface area contributed by atoms with Crippen LogP contribution in [0, 0.1) is 0 Å². The van der Waals surface area contributed by atoms with E-state index < -0.39 is 12.2 Å². The largest absolute Gasteiger partial charge is 0.493 e. The van der Waals surface area contributed by atoms with E-state index in [1.807, 2.05) is 6.92 Å². The number of hydrogen-bond donors (Lipinski definition) is 1. The van der Waals surface area contributed by atoms with Crippen molar-refractivity contribution in [1.82, 2.24) is 4.90 Å². The Bertz CT molecular complexity index is 462. The van der Waals surface area contributed by atoms with Gasteiger partial charge in [0, 0.05) is 19.6 Å². The van der Waals surface area contributed by atoms with Crippen molar-refractivity contribution in [1.29, 1.82) is 0 Å². The Morgan fingerprint density at radius 2 is 2.05 bits per heavy atom. The molecule has 0 atom stereocenters. The van der Waals surface area contributed by atoms with Crippen LogP contribution < -0.4 is 9.47 Å². The number of likely N-dealkylation sites (tertiary alicyclic amines) is 1. The van der Waals surface area contributed by atoms with Crippen LogP contribution in [0.25, 0.3) is 0 Å². The highest BCUT2D eigenvalue weighted by Crippen LogP contribution is 2.31. The average Bonchev–Trinajstić information content (AvgIpc) is 2.37. The van der Waals surface area contributed by atoms with Gasteiger partial charge in [0.2, 0.25) is 0 Å². The zero-order chi connectivity index (χ0) is 14.8. The van der Waals surface area contributed by atoms with Crippen molar-refractivity contribution >= 4 is 0 Å². The molecule has 112 valence electrons. The quantitative estimate of drug-likeness (QED) is 0.871. The summed E-state index contributed by atoms with van der Waals surface area (Å²) in [5, 5.41) is 9.94. The van der Waals surface area contributed by atoms with Crippen LogP contribution in [0.15, 0.2) is 18.2 Å². The highest BCUT2D eigenvalue weighted by atomic mass is 19.3. The number of benzene rings is 1. The Balaban J connectivity index is 2.00.